The summed E-state index contributed by atoms with van der Waals surface area (Å²) in [7, 11) is 1.74. The number of anilines is 1. The van der Waals surface area contributed by atoms with E-state index in [1.165, 1.54) is 17.7 Å². The fourth-order valence-corrected chi connectivity index (χ4v) is 5.48. The number of nitrogens with one attached hydrogen (secondary N) is 1. The molecule has 5 rings (SSSR count). The van der Waals surface area contributed by atoms with Crippen molar-refractivity contribution in [2.75, 3.05) is 64.6 Å². The Labute approximate surface area is 242 Å². The van der Waals surface area contributed by atoms with Crippen LogP contribution < -0.4 is 19.7 Å². The van der Waals surface area contributed by atoms with E-state index in [2.05, 4.69) is 40.5 Å². The molecule has 0 aliphatic carbocycles. The summed E-state index contributed by atoms with van der Waals surface area (Å²) in [5.41, 5.74) is 4.36. The Balaban J connectivity index is 1.11. The number of halogens is 1. The molecule has 0 aromatic heterocycles. The van der Waals surface area contributed by atoms with E-state index in [1.54, 1.807) is 13.2 Å². The highest BCUT2D eigenvalue weighted by Gasteiger charge is 2.27. The molecule has 0 spiro atoms. The minimum atomic E-state index is -0.252. The van der Waals surface area contributed by atoms with Crippen LogP contribution in [0.3, 0.4) is 0 Å². The van der Waals surface area contributed by atoms with Crippen molar-refractivity contribution in [1.82, 2.24) is 5.32 Å². The van der Waals surface area contributed by atoms with E-state index < -0.39 is 0 Å². The second-order valence-corrected chi connectivity index (χ2v) is 10.5. The lowest BCUT2D eigenvalue weighted by Gasteiger charge is -2.33. The van der Waals surface area contributed by atoms with Gasteiger partial charge < -0.3 is 33.9 Å². The molecule has 2 atom stereocenters. The lowest BCUT2D eigenvalue weighted by Crippen LogP contribution is -2.41. The van der Waals surface area contributed by atoms with Gasteiger partial charge in [-0.2, -0.15) is 0 Å². The average molecular weight is 565 g/mol. The van der Waals surface area contributed by atoms with Crippen LogP contribution in [0.15, 0.2) is 66.7 Å². The molecule has 0 amide bonds. The topological polar surface area (TPSA) is 61.4 Å². The Hall–Kier alpha value is -3.17. The predicted octanol–water partition coefficient (Wildman–Crippen LogP) is 5.32. The zero-order valence-corrected chi connectivity index (χ0v) is 23.9. The first-order valence-corrected chi connectivity index (χ1v) is 14.6. The van der Waals surface area contributed by atoms with Crippen LogP contribution in [0.4, 0.5) is 10.1 Å². The maximum absolute atomic E-state index is 13.3. The Kier molecular flexibility index (Phi) is 10.9. The van der Waals surface area contributed by atoms with Crippen LogP contribution >= 0.6 is 0 Å². The minimum absolute atomic E-state index is 0.0804. The number of hydrogen-bond acceptors (Lipinski definition) is 7. The molecule has 7 nitrogen and oxygen atoms in total. The highest BCUT2D eigenvalue weighted by molar-refractivity contribution is 5.61. The fourth-order valence-electron chi connectivity index (χ4n) is 5.48. The number of hydrogen-bond donors (Lipinski definition) is 1. The Morgan fingerprint density at radius 1 is 0.976 bits per heavy atom. The molecule has 8 heteroatoms. The molecular weight excluding hydrogens is 523 g/mol. The zero-order valence-electron chi connectivity index (χ0n) is 23.9. The van der Waals surface area contributed by atoms with Gasteiger partial charge in [0.15, 0.2) is 0 Å². The normalized spacial score (nSPS) is 18.5. The van der Waals surface area contributed by atoms with Gasteiger partial charge in [0.1, 0.15) is 30.5 Å². The van der Waals surface area contributed by atoms with Crippen molar-refractivity contribution in [1.29, 1.82) is 0 Å². The molecule has 0 bridgehead atoms. The lowest BCUT2D eigenvalue weighted by molar-refractivity contribution is 0.0106. The third kappa shape index (κ3) is 8.42. The Bertz CT molecular complexity index is 1220. The highest BCUT2D eigenvalue weighted by atomic mass is 19.1. The lowest BCUT2D eigenvalue weighted by atomic mass is 9.87. The number of nitrogens with zero attached hydrogens (tertiary/aromatic N) is 1. The molecule has 2 aliphatic rings. The summed E-state index contributed by atoms with van der Waals surface area (Å²) >= 11 is 0. The molecule has 0 radical (unpaired) electrons. The van der Waals surface area contributed by atoms with Crippen molar-refractivity contribution in [3.8, 4) is 11.5 Å². The molecule has 1 saturated heterocycles. The SMILES string of the molecule is COCCCN1CCOc2ccc(CO[C@H]3CNCC[C@@H]3c3ccc(OCCOCc4cccc(F)c4)cc3)cc21. The van der Waals surface area contributed by atoms with Crippen LogP contribution in [0.5, 0.6) is 11.5 Å². The molecule has 1 fully saturated rings. The molecular formula is C33H41FN2O5. The van der Waals surface area contributed by atoms with Crippen molar-refractivity contribution in [3.05, 3.63) is 89.2 Å². The van der Waals surface area contributed by atoms with Crippen molar-refractivity contribution in [3.63, 3.8) is 0 Å². The summed E-state index contributed by atoms with van der Waals surface area (Å²) < 4.78 is 42.4. The summed E-state index contributed by atoms with van der Waals surface area (Å²) in [6.07, 6.45) is 2.08. The van der Waals surface area contributed by atoms with Gasteiger partial charge >= 0.3 is 0 Å². The third-order valence-corrected chi connectivity index (χ3v) is 7.61. The summed E-state index contributed by atoms with van der Waals surface area (Å²) in [5.74, 6) is 1.81. The monoisotopic (exact) mass is 564 g/mol. The van der Waals surface area contributed by atoms with E-state index >= 15 is 0 Å². The first kappa shape index (κ1) is 29.3. The van der Waals surface area contributed by atoms with Gasteiger partial charge in [-0.05, 0) is 72.5 Å². The summed E-state index contributed by atoms with van der Waals surface area (Å²) in [6, 6.07) is 21.2. The number of piperidine rings is 1. The van der Waals surface area contributed by atoms with Gasteiger partial charge in [-0.15, -0.1) is 0 Å². The minimum Gasteiger partial charge on any atom is -0.491 e. The largest absolute Gasteiger partial charge is 0.491 e. The van der Waals surface area contributed by atoms with E-state index in [1.807, 2.05) is 18.2 Å². The van der Waals surface area contributed by atoms with Gasteiger partial charge in [-0.25, -0.2) is 4.39 Å². The maximum atomic E-state index is 13.3. The molecule has 0 saturated carbocycles. The fraction of sp³-hybridized carbons (Fsp3) is 0.455. The quantitative estimate of drug-likeness (QED) is 0.266. The van der Waals surface area contributed by atoms with E-state index in [-0.39, 0.29) is 11.9 Å². The smallest absolute Gasteiger partial charge is 0.142 e. The van der Waals surface area contributed by atoms with Crippen LogP contribution in [0.1, 0.15) is 35.4 Å². The standard InChI is InChI=1S/C33H41FN2O5/c1-37-16-3-14-36-15-17-40-32-11-6-26(21-31(32)36)24-41-33-22-35-13-12-30(33)27-7-9-29(10-8-27)39-19-18-38-23-25-4-2-5-28(34)20-25/h2,4-11,20-21,30,33,35H,3,12-19,22-24H2,1H3/t30-,33+/m1/s1. The number of benzene rings is 3. The average Bonchev–Trinajstić information content (AvgIpc) is 3.01. The molecule has 2 aliphatic heterocycles. The number of methoxy groups -OCH3 is 1. The number of rotatable bonds is 14. The second-order valence-electron chi connectivity index (χ2n) is 10.5. The molecule has 41 heavy (non-hydrogen) atoms. The van der Waals surface area contributed by atoms with Crippen molar-refractivity contribution in [2.45, 2.75) is 38.1 Å². The van der Waals surface area contributed by atoms with Crippen LogP contribution in [-0.4, -0.2) is 65.8 Å². The van der Waals surface area contributed by atoms with E-state index in [0.29, 0.717) is 39.0 Å². The van der Waals surface area contributed by atoms with Gasteiger partial charge in [-0.3, -0.25) is 0 Å². The van der Waals surface area contributed by atoms with Gasteiger partial charge in [0.25, 0.3) is 0 Å². The van der Waals surface area contributed by atoms with Crippen molar-refractivity contribution >= 4 is 5.69 Å². The van der Waals surface area contributed by atoms with Crippen LogP contribution in [0.25, 0.3) is 0 Å². The summed E-state index contributed by atoms with van der Waals surface area (Å²) in [5, 5.41) is 3.50. The summed E-state index contributed by atoms with van der Waals surface area (Å²) in [6.45, 7) is 6.88. The summed E-state index contributed by atoms with van der Waals surface area (Å²) in [4.78, 5) is 2.38. The molecule has 220 valence electrons. The van der Waals surface area contributed by atoms with Crippen LogP contribution in [0.2, 0.25) is 0 Å². The maximum Gasteiger partial charge on any atom is 0.142 e. The molecule has 0 unspecified atom stereocenters. The molecule has 3 aromatic carbocycles. The second kappa shape index (κ2) is 15.2. The van der Waals surface area contributed by atoms with E-state index in [4.69, 9.17) is 23.7 Å². The Morgan fingerprint density at radius 3 is 2.71 bits per heavy atom. The number of fused-ring (bicyclic) bond motifs is 1. The van der Waals surface area contributed by atoms with Gasteiger partial charge in [0.05, 0.1) is 38.2 Å². The van der Waals surface area contributed by atoms with E-state index in [0.717, 1.165) is 73.9 Å². The van der Waals surface area contributed by atoms with Crippen LogP contribution in [0, 0.1) is 5.82 Å². The molecule has 2 heterocycles. The van der Waals surface area contributed by atoms with Crippen LogP contribution in [-0.2, 0) is 27.4 Å². The van der Waals surface area contributed by atoms with E-state index in [9.17, 15) is 4.39 Å². The molecule has 3 aromatic rings. The van der Waals surface area contributed by atoms with Crippen molar-refractivity contribution < 1.29 is 28.1 Å². The number of ether oxygens (including phenoxy) is 5. The predicted molar refractivity (Wildman–Crippen MR) is 157 cm³/mol. The van der Waals surface area contributed by atoms with Gasteiger partial charge in [0, 0.05) is 32.7 Å². The highest BCUT2D eigenvalue weighted by Crippen LogP contribution is 2.34. The zero-order chi connectivity index (χ0) is 28.3. The Morgan fingerprint density at radius 2 is 1.85 bits per heavy atom. The molecule has 1 N–H and O–H groups in total. The van der Waals surface area contributed by atoms with Gasteiger partial charge in [-0.1, -0.05) is 30.3 Å². The first-order valence-electron chi connectivity index (χ1n) is 14.6. The first-order chi connectivity index (χ1) is 20.2. The van der Waals surface area contributed by atoms with Crippen molar-refractivity contribution in [2.24, 2.45) is 0 Å². The van der Waals surface area contributed by atoms with Gasteiger partial charge in [0.2, 0.25) is 0 Å². The third-order valence-electron chi connectivity index (χ3n) is 7.61.